The van der Waals surface area contributed by atoms with Gasteiger partial charge in [-0.2, -0.15) is 0 Å². The van der Waals surface area contributed by atoms with Gasteiger partial charge in [0.15, 0.2) is 11.0 Å². The Morgan fingerprint density at radius 3 is 2.09 bits per heavy atom. The van der Waals surface area contributed by atoms with Gasteiger partial charge in [-0.1, -0.05) is 11.6 Å². The Hall–Kier alpha value is -3.84. The van der Waals surface area contributed by atoms with Crippen molar-refractivity contribution in [1.82, 2.24) is 15.2 Å². The van der Waals surface area contributed by atoms with Crippen molar-refractivity contribution in [1.29, 1.82) is 0 Å². The summed E-state index contributed by atoms with van der Waals surface area (Å²) in [5, 5.41) is 38.6. The smallest absolute Gasteiger partial charge is 0.336 e. The monoisotopic (exact) mass is 631 g/mol. The summed E-state index contributed by atoms with van der Waals surface area (Å²) in [6.07, 6.45) is 4.93. The summed E-state index contributed by atoms with van der Waals surface area (Å²) < 4.78 is 5.79. The molecular weight excluding hydrogens is 594 g/mol. The van der Waals surface area contributed by atoms with Gasteiger partial charge < -0.3 is 30.2 Å². The van der Waals surface area contributed by atoms with E-state index >= 15 is 0 Å². The number of carboxylic acids is 3. The van der Waals surface area contributed by atoms with Gasteiger partial charge in [0, 0.05) is 53.2 Å². The topological polar surface area (TPSA) is 190 Å². The number of aromatic nitrogens is 1. The van der Waals surface area contributed by atoms with Crippen LogP contribution in [0.1, 0.15) is 64.5 Å². The Morgan fingerprint density at radius 1 is 1.00 bits per heavy atom. The number of pyridine rings is 1. The summed E-state index contributed by atoms with van der Waals surface area (Å²) in [6, 6.07) is 9.56. The van der Waals surface area contributed by atoms with Crippen LogP contribution in [0.3, 0.4) is 0 Å². The number of carbonyl (C=O) groups is 3. The molecule has 5 N–H and O–H groups in total. The lowest BCUT2D eigenvalue weighted by atomic mass is 9.79. The van der Waals surface area contributed by atoms with E-state index in [0.29, 0.717) is 34.1 Å². The van der Waals surface area contributed by atoms with Crippen molar-refractivity contribution in [3.8, 4) is 0 Å². The van der Waals surface area contributed by atoms with Crippen LogP contribution < -0.4 is 10.7 Å². The number of nitrogens with zero attached hydrogens (tertiary/aromatic N) is 2. The third kappa shape index (κ3) is 9.58. The van der Waals surface area contributed by atoms with Gasteiger partial charge in [-0.25, -0.2) is 4.79 Å². The molecule has 13 heteroatoms. The Bertz CT molecular complexity index is 1520. The highest BCUT2D eigenvalue weighted by molar-refractivity contribution is 6.31. The summed E-state index contributed by atoms with van der Waals surface area (Å²) in [4.78, 5) is 50.3. The largest absolute Gasteiger partial charge is 0.481 e. The number of carboxylic acid groups (broad SMARTS) is 3. The highest BCUT2D eigenvalue weighted by Crippen LogP contribution is 2.33. The van der Waals surface area contributed by atoms with E-state index < -0.39 is 36.4 Å². The van der Waals surface area contributed by atoms with E-state index in [4.69, 9.17) is 36.4 Å². The van der Waals surface area contributed by atoms with Gasteiger partial charge in [0.05, 0.1) is 24.5 Å². The molecule has 3 heterocycles. The van der Waals surface area contributed by atoms with Crippen molar-refractivity contribution < 1.29 is 39.2 Å². The highest BCUT2D eigenvalue weighted by Gasteiger charge is 2.41. The van der Waals surface area contributed by atoms with Crippen LogP contribution in [0, 0.1) is 0 Å². The minimum atomic E-state index is -2.74. The number of hydrogen-bond donors (Lipinski definition) is 5. The highest BCUT2D eigenvalue weighted by atomic mass is 35.5. The average molecular weight is 632 g/mol. The third-order valence-electron chi connectivity index (χ3n) is 7.28. The first-order valence-electron chi connectivity index (χ1n) is 13.9. The molecule has 0 atom stereocenters. The normalized spacial score (nSPS) is 16.2. The van der Waals surface area contributed by atoms with Gasteiger partial charge in [0.25, 0.3) is 0 Å². The second-order valence-electron chi connectivity index (χ2n) is 12.4. The van der Waals surface area contributed by atoms with E-state index in [1.54, 1.807) is 24.5 Å². The number of nitrogens with one attached hydrogen (secondary N) is 1. The van der Waals surface area contributed by atoms with Crippen LogP contribution in [0.25, 0.3) is 11.0 Å². The Balaban J connectivity index is 0.000000345. The lowest BCUT2D eigenvalue weighted by Gasteiger charge is -2.49. The second-order valence-corrected chi connectivity index (χ2v) is 12.9. The SMILES string of the molecule is CC1(C)CC(N(Cc2ccncc2)Cc2coc3ccc(Cl)cc3c2=O)CC(C)(C)N1.O=C(O)CC(O)(CC(=O)O)C(=O)O. The maximum Gasteiger partial charge on any atom is 0.336 e. The summed E-state index contributed by atoms with van der Waals surface area (Å²) in [5.41, 5.74) is -0.360. The van der Waals surface area contributed by atoms with Gasteiger partial charge in [0.2, 0.25) is 0 Å². The molecule has 0 spiro atoms. The quantitative estimate of drug-likeness (QED) is 0.217. The molecule has 0 amide bonds. The molecule has 1 aliphatic heterocycles. The fraction of sp³-hybridized carbons (Fsp3) is 0.452. The van der Waals surface area contributed by atoms with Gasteiger partial charge in [0.1, 0.15) is 5.58 Å². The Morgan fingerprint density at radius 2 is 1.57 bits per heavy atom. The van der Waals surface area contributed by atoms with Crippen LogP contribution >= 0.6 is 11.6 Å². The molecule has 0 aliphatic carbocycles. The molecule has 2 aromatic heterocycles. The third-order valence-corrected chi connectivity index (χ3v) is 7.52. The first-order chi connectivity index (χ1) is 20.4. The number of rotatable bonds is 10. The number of halogens is 1. The molecule has 3 aromatic rings. The fourth-order valence-electron chi connectivity index (χ4n) is 5.75. The van der Waals surface area contributed by atoms with Crippen molar-refractivity contribution in [3.05, 3.63) is 75.4 Å². The zero-order chi connectivity index (χ0) is 32.9. The molecule has 0 bridgehead atoms. The number of fused-ring (bicyclic) bond motifs is 1. The molecule has 1 saturated heterocycles. The molecule has 4 rings (SSSR count). The number of piperidine rings is 1. The minimum Gasteiger partial charge on any atom is -0.481 e. The van der Waals surface area contributed by atoms with E-state index in [9.17, 15) is 19.2 Å². The van der Waals surface area contributed by atoms with Gasteiger partial charge in [-0.05, 0) is 76.4 Å². The summed E-state index contributed by atoms with van der Waals surface area (Å²) in [7, 11) is 0. The van der Waals surface area contributed by atoms with E-state index in [2.05, 4.69) is 42.9 Å². The summed E-state index contributed by atoms with van der Waals surface area (Å²) >= 11 is 6.14. The lowest BCUT2D eigenvalue weighted by molar-refractivity contribution is -0.170. The van der Waals surface area contributed by atoms with Gasteiger partial charge in [-0.15, -0.1) is 0 Å². The maximum absolute atomic E-state index is 13.2. The summed E-state index contributed by atoms with van der Waals surface area (Å²) in [5.74, 6) is -5.02. The van der Waals surface area contributed by atoms with Crippen molar-refractivity contribution in [2.24, 2.45) is 0 Å². The average Bonchev–Trinajstić information content (AvgIpc) is 2.88. The molecule has 44 heavy (non-hydrogen) atoms. The second kappa shape index (κ2) is 13.9. The zero-order valence-corrected chi connectivity index (χ0v) is 25.8. The van der Waals surface area contributed by atoms with E-state index in [-0.39, 0.29) is 16.5 Å². The number of hydrogen-bond acceptors (Lipinski definition) is 9. The van der Waals surface area contributed by atoms with Crippen molar-refractivity contribution >= 4 is 40.5 Å². The van der Waals surface area contributed by atoms with Crippen LogP contribution in [0.2, 0.25) is 5.02 Å². The molecule has 1 fully saturated rings. The van der Waals surface area contributed by atoms with Crippen LogP contribution in [-0.4, -0.2) is 70.9 Å². The van der Waals surface area contributed by atoms with Crippen LogP contribution in [0.4, 0.5) is 0 Å². The number of aliphatic hydroxyl groups is 1. The predicted molar refractivity (Wildman–Crippen MR) is 162 cm³/mol. The molecule has 0 radical (unpaired) electrons. The lowest BCUT2D eigenvalue weighted by Crippen LogP contribution is -2.62. The molecule has 0 unspecified atom stereocenters. The molecule has 1 aromatic carbocycles. The fourth-order valence-corrected chi connectivity index (χ4v) is 5.92. The van der Waals surface area contributed by atoms with Crippen molar-refractivity contribution in [2.45, 2.75) is 89.2 Å². The molecule has 1 aliphatic rings. The molecule has 12 nitrogen and oxygen atoms in total. The summed E-state index contributed by atoms with van der Waals surface area (Å²) in [6.45, 7) is 10.3. The molecule has 0 saturated carbocycles. The standard InChI is InChI=1S/C25H30ClN3O2.C6H8O7/c1-24(2)12-20(13-25(3,4)28-24)29(14-17-7-9-27-10-8-17)15-18-16-31-22-6-5-19(26)11-21(22)23(18)30;7-3(8)1-6(13,5(11)12)2-4(9)10/h5-11,16,20,28H,12-15H2,1-4H3;13H,1-2H2,(H,7,8)(H,9,10)(H,11,12). The molecule has 238 valence electrons. The van der Waals surface area contributed by atoms with Crippen molar-refractivity contribution in [2.75, 3.05) is 0 Å². The zero-order valence-electron chi connectivity index (χ0n) is 25.0. The van der Waals surface area contributed by atoms with E-state index in [0.717, 1.165) is 19.4 Å². The van der Waals surface area contributed by atoms with Crippen LogP contribution in [0.5, 0.6) is 0 Å². The van der Waals surface area contributed by atoms with Crippen LogP contribution in [0.15, 0.2) is 58.2 Å². The first-order valence-corrected chi connectivity index (χ1v) is 14.3. The maximum atomic E-state index is 13.2. The Labute approximate surface area is 259 Å². The van der Waals surface area contributed by atoms with E-state index in [1.165, 1.54) is 5.56 Å². The van der Waals surface area contributed by atoms with Gasteiger partial charge in [-0.3, -0.25) is 24.3 Å². The number of aliphatic carboxylic acids is 3. The molecular formula is C31H38ClN3O9. The van der Waals surface area contributed by atoms with Gasteiger partial charge >= 0.3 is 17.9 Å². The van der Waals surface area contributed by atoms with Crippen LogP contribution in [-0.2, 0) is 27.5 Å². The van der Waals surface area contributed by atoms with Crippen molar-refractivity contribution in [3.63, 3.8) is 0 Å². The predicted octanol–water partition coefficient (Wildman–Crippen LogP) is 3.90. The van der Waals surface area contributed by atoms with E-state index in [1.807, 2.05) is 24.5 Å². The first kappa shape index (κ1) is 34.6. The number of benzene rings is 1. The minimum absolute atomic E-state index is 0.00445. The Kier molecular flexibility index (Phi) is 10.9.